The van der Waals surface area contributed by atoms with Crippen LogP contribution in [-0.4, -0.2) is 30.5 Å². The van der Waals surface area contributed by atoms with Crippen molar-refractivity contribution in [2.45, 2.75) is 6.42 Å². The van der Waals surface area contributed by atoms with Gasteiger partial charge in [-0.15, -0.1) is 0 Å². The van der Waals surface area contributed by atoms with E-state index in [-0.39, 0.29) is 6.42 Å². The van der Waals surface area contributed by atoms with Crippen molar-refractivity contribution in [3.8, 4) is 0 Å². The van der Waals surface area contributed by atoms with Crippen LogP contribution in [0, 0.1) is 0 Å². The summed E-state index contributed by atoms with van der Waals surface area (Å²) in [4.78, 5) is 16.7. The molecule has 1 heterocycles. The Morgan fingerprint density at radius 1 is 1.47 bits per heavy atom. The number of aliphatic carboxylic acids is 1. The first kappa shape index (κ1) is 9.71. The van der Waals surface area contributed by atoms with E-state index in [1.54, 1.807) is 0 Å². The molecule has 0 unspecified atom stereocenters. The number of aliphatic imine (C=N–C) groups is 1. The Bertz CT molecular complexity index is 401. The van der Waals surface area contributed by atoms with E-state index in [4.69, 9.17) is 5.11 Å². The molecule has 0 aliphatic carbocycles. The van der Waals surface area contributed by atoms with Crippen LogP contribution in [0.5, 0.6) is 0 Å². The highest BCUT2D eigenvalue weighted by Gasteiger charge is 2.13. The number of para-hydroxylation sites is 1. The molecule has 4 heteroatoms. The van der Waals surface area contributed by atoms with Gasteiger partial charge in [-0.25, -0.2) is 0 Å². The van der Waals surface area contributed by atoms with E-state index in [9.17, 15) is 4.79 Å². The largest absolute Gasteiger partial charge is 0.481 e. The second-order valence-corrected chi connectivity index (χ2v) is 3.42. The minimum atomic E-state index is -0.776. The van der Waals surface area contributed by atoms with Crippen LogP contribution in [0.2, 0.25) is 0 Å². The molecule has 4 nitrogen and oxygen atoms in total. The standard InChI is InChI=1S/C11H12N2O2/c14-11(15)5-6-13-8-12-7-9-3-1-2-4-10(9)13/h1-4,7H,5-6,8H2,(H,14,15). The molecule has 2 rings (SSSR count). The molecule has 1 N–H and O–H groups in total. The number of carboxylic acids is 1. The minimum absolute atomic E-state index is 0.143. The molecular weight excluding hydrogens is 192 g/mol. The second-order valence-electron chi connectivity index (χ2n) is 3.42. The van der Waals surface area contributed by atoms with Gasteiger partial charge in [0.2, 0.25) is 0 Å². The van der Waals surface area contributed by atoms with Gasteiger partial charge >= 0.3 is 5.97 Å². The average Bonchev–Trinajstić information content (AvgIpc) is 2.26. The number of nitrogens with zero attached hydrogens (tertiary/aromatic N) is 2. The highest BCUT2D eigenvalue weighted by atomic mass is 16.4. The molecule has 0 saturated carbocycles. The van der Waals surface area contributed by atoms with Gasteiger partial charge in [0, 0.05) is 24.0 Å². The van der Waals surface area contributed by atoms with E-state index in [1.165, 1.54) is 0 Å². The van der Waals surface area contributed by atoms with Crippen molar-refractivity contribution in [1.29, 1.82) is 0 Å². The van der Waals surface area contributed by atoms with Crippen molar-refractivity contribution in [1.82, 2.24) is 0 Å². The number of benzene rings is 1. The van der Waals surface area contributed by atoms with Crippen molar-refractivity contribution < 1.29 is 9.90 Å². The number of rotatable bonds is 3. The van der Waals surface area contributed by atoms with Crippen LogP contribution in [-0.2, 0) is 4.79 Å². The van der Waals surface area contributed by atoms with E-state index in [0.29, 0.717) is 13.2 Å². The third-order valence-electron chi connectivity index (χ3n) is 2.36. The van der Waals surface area contributed by atoms with E-state index < -0.39 is 5.97 Å². The lowest BCUT2D eigenvalue weighted by Gasteiger charge is -2.26. The van der Waals surface area contributed by atoms with Crippen LogP contribution in [0.4, 0.5) is 5.69 Å². The summed E-state index contributed by atoms with van der Waals surface area (Å²) in [6.07, 6.45) is 1.97. The van der Waals surface area contributed by atoms with Gasteiger partial charge in [-0.05, 0) is 6.07 Å². The monoisotopic (exact) mass is 204 g/mol. The van der Waals surface area contributed by atoms with Crippen molar-refractivity contribution in [2.75, 3.05) is 18.1 Å². The van der Waals surface area contributed by atoms with Gasteiger partial charge in [-0.3, -0.25) is 9.79 Å². The van der Waals surface area contributed by atoms with Gasteiger partial charge < -0.3 is 10.0 Å². The topological polar surface area (TPSA) is 52.9 Å². The fraction of sp³-hybridized carbons (Fsp3) is 0.273. The summed E-state index contributed by atoms with van der Waals surface area (Å²) in [6.45, 7) is 1.05. The maximum Gasteiger partial charge on any atom is 0.305 e. The predicted octanol–water partition coefficient (Wildman–Crippen LogP) is 1.36. The van der Waals surface area contributed by atoms with Crippen molar-refractivity contribution >= 4 is 17.9 Å². The summed E-state index contributed by atoms with van der Waals surface area (Å²) in [6, 6.07) is 7.87. The second kappa shape index (κ2) is 4.13. The Labute approximate surface area is 87.9 Å². The lowest BCUT2D eigenvalue weighted by atomic mass is 10.1. The van der Waals surface area contributed by atoms with Gasteiger partial charge in [0.05, 0.1) is 6.42 Å². The summed E-state index contributed by atoms with van der Waals surface area (Å²) in [7, 11) is 0. The maximum atomic E-state index is 10.5. The molecule has 78 valence electrons. The number of hydrogen-bond acceptors (Lipinski definition) is 3. The van der Waals surface area contributed by atoms with Gasteiger partial charge in [0.1, 0.15) is 6.67 Å². The normalized spacial score (nSPS) is 13.7. The van der Waals surface area contributed by atoms with Crippen LogP contribution in [0.15, 0.2) is 29.3 Å². The van der Waals surface area contributed by atoms with Crippen LogP contribution >= 0.6 is 0 Å². The minimum Gasteiger partial charge on any atom is -0.481 e. The van der Waals surface area contributed by atoms with E-state index >= 15 is 0 Å². The zero-order chi connectivity index (χ0) is 10.7. The van der Waals surface area contributed by atoms with Crippen LogP contribution in [0.25, 0.3) is 0 Å². The van der Waals surface area contributed by atoms with Gasteiger partial charge in [-0.2, -0.15) is 0 Å². The smallest absolute Gasteiger partial charge is 0.305 e. The quantitative estimate of drug-likeness (QED) is 0.808. The molecule has 0 spiro atoms. The van der Waals surface area contributed by atoms with Crippen molar-refractivity contribution in [3.63, 3.8) is 0 Å². The first-order chi connectivity index (χ1) is 7.27. The van der Waals surface area contributed by atoms with Gasteiger partial charge in [-0.1, -0.05) is 18.2 Å². The van der Waals surface area contributed by atoms with E-state index in [0.717, 1.165) is 11.3 Å². The Kier molecular flexibility index (Phi) is 2.67. The molecule has 0 fully saturated rings. The molecule has 0 radical (unpaired) electrons. The molecule has 1 aliphatic rings. The summed E-state index contributed by atoms with van der Waals surface area (Å²) in [5, 5.41) is 8.63. The number of hydrogen-bond donors (Lipinski definition) is 1. The lowest BCUT2D eigenvalue weighted by molar-refractivity contribution is -0.136. The van der Waals surface area contributed by atoms with Crippen LogP contribution in [0.3, 0.4) is 0 Å². The SMILES string of the molecule is O=C(O)CCN1CN=Cc2ccccc21. The predicted molar refractivity (Wildman–Crippen MR) is 58.5 cm³/mol. The first-order valence-electron chi connectivity index (χ1n) is 4.83. The number of carbonyl (C=O) groups is 1. The summed E-state index contributed by atoms with van der Waals surface area (Å²) >= 11 is 0. The number of fused-ring (bicyclic) bond motifs is 1. The Morgan fingerprint density at radius 3 is 3.07 bits per heavy atom. The maximum absolute atomic E-state index is 10.5. The van der Waals surface area contributed by atoms with Crippen molar-refractivity contribution in [3.05, 3.63) is 29.8 Å². The first-order valence-corrected chi connectivity index (χ1v) is 4.83. The molecule has 0 bridgehead atoms. The highest BCUT2D eigenvalue weighted by molar-refractivity contribution is 5.89. The molecule has 15 heavy (non-hydrogen) atoms. The Balaban J connectivity index is 2.15. The Hall–Kier alpha value is -1.84. The molecule has 0 saturated heterocycles. The average molecular weight is 204 g/mol. The van der Waals surface area contributed by atoms with E-state index in [2.05, 4.69) is 4.99 Å². The van der Waals surface area contributed by atoms with Crippen molar-refractivity contribution in [2.24, 2.45) is 4.99 Å². The third kappa shape index (κ3) is 2.15. The van der Waals surface area contributed by atoms with Crippen LogP contribution in [0.1, 0.15) is 12.0 Å². The van der Waals surface area contributed by atoms with Gasteiger partial charge in [0.25, 0.3) is 0 Å². The summed E-state index contributed by atoms with van der Waals surface area (Å²) in [5.41, 5.74) is 2.11. The number of carboxylic acid groups (broad SMARTS) is 1. The molecule has 0 amide bonds. The molecular formula is C11H12N2O2. The highest BCUT2D eigenvalue weighted by Crippen LogP contribution is 2.21. The zero-order valence-corrected chi connectivity index (χ0v) is 8.26. The molecule has 0 atom stereocenters. The molecule has 1 aromatic carbocycles. The molecule has 0 aromatic heterocycles. The third-order valence-corrected chi connectivity index (χ3v) is 2.36. The number of anilines is 1. The van der Waals surface area contributed by atoms with Crippen LogP contribution < -0.4 is 4.90 Å². The fourth-order valence-corrected chi connectivity index (χ4v) is 1.62. The summed E-state index contributed by atoms with van der Waals surface area (Å²) in [5.74, 6) is -0.776. The Morgan fingerprint density at radius 2 is 2.27 bits per heavy atom. The molecule has 1 aliphatic heterocycles. The van der Waals surface area contributed by atoms with Gasteiger partial charge in [0.15, 0.2) is 0 Å². The zero-order valence-electron chi connectivity index (χ0n) is 8.26. The molecule has 1 aromatic rings. The van der Waals surface area contributed by atoms with E-state index in [1.807, 2.05) is 35.4 Å². The summed E-state index contributed by atoms with van der Waals surface area (Å²) < 4.78 is 0. The lowest BCUT2D eigenvalue weighted by Crippen LogP contribution is -2.29. The fourth-order valence-electron chi connectivity index (χ4n) is 1.62.